The molecule has 1 aliphatic rings. The first-order valence-electron chi connectivity index (χ1n) is 15.2. The topological polar surface area (TPSA) is 138 Å². The van der Waals surface area contributed by atoms with Gasteiger partial charge in [0.2, 0.25) is 11.8 Å². The van der Waals surface area contributed by atoms with Gasteiger partial charge in [0.15, 0.2) is 6.73 Å². The number of hydrogen-bond acceptors (Lipinski definition) is 9. The van der Waals surface area contributed by atoms with Crippen molar-refractivity contribution >= 4 is 41.3 Å². The van der Waals surface area contributed by atoms with E-state index in [2.05, 4.69) is 15.6 Å². The molecule has 12 heteroatoms. The zero-order valence-corrected chi connectivity index (χ0v) is 26.7. The Hall–Kier alpha value is -2.86. The van der Waals surface area contributed by atoms with Crippen LogP contribution in [0.1, 0.15) is 94.6 Å². The third-order valence-electron chi connectivity index (χ3n) is 7.72. The summed E-state index contributed by atoms with van der Waals surface area (Å²) < 4.78 is 5.43. The molecule has 42 heavy (non-hydrogen) atoms. The summed E-state index contributed by atoms with van der Waals surface area (Å²) in [4.78, 5) is 70.3. The fourth-order valence-corrected chi connectivity index (χ4v) is 5.54. The Bertz CT molecular complexity index is 1030. The molecular weight excluding hydrogens is 558 g/mol. The van der Waals surface area contributed by atoms with Crippen LogP contribution in [0, 0.1) is 11.8 Å². The normalized spacial score (nSPS) is 17.5. The molecule has 0 aliphatic carbocycles. The van der Waals surface area contributed by atoms with E-state index < -0.39 is 6.04 Å². The summed E-state index contributed by atoms with van der Waals surface area (Å²) in [7, 11) is 1.94. The van der Waals surface area contributed by atoms with Gasteiger partial charge >= 0.3 is 5.97 Å². The zero-order chi connectivity index (χ0) is 31.1. The van der Waals surface area contributed by atoms with E-state index >= 15 is 0 Å². The minimum atomic E-state index is -0.736. The van der Waals surface area contributed by atoms with Gasteiger partial charge in [-0.25, -0.2) is 4.98 Å². The first-order valence-corrected chi connectivity index (χ1v) is 16.1. The summed E-state index contributed by atoms with van der Waals surface area (Å²) in [6, 6.07) is -1.00. The molecule has 0 radical (unpaired) electrons. The third kappa shape index (κ3) is 11.4. The molecule has 2 N–H and O–H groups in total. The van der Waals surface area contributed by atoms with E-state index in [1.54, 1.807) is 12.3 Å². The number of amides is 3. The fourth-order valence-electron chi connectivity index (χ4n) is 4.72. The van der Waals surface area contributed by atoms with Gasteiger partial charge in [-0.3, -0.25) is 24.1 Å². The second-order valence-corrected chi connectivity index (χ2v) is 12.2. The molecule has 0 saturated carbocycles. The minimum absolute atomic E-state index is 0.112. The number of carbonyl (C=O) groups is 5. The Morgan fingerprint density at radius 3 is 2.67 bits per heavy atom. The van der Waals surface area contributed by atoms with Gasteiger partial charge in [0, 0.05) is 37.2 Å². The van der Waals surface area contributed by atoms with Crippen LogP contribution in [0.5, 0.6) is 0 Å². The Labute approximate surface area is 254 Å². The molecule has 0 bridgehead atoms. The van der Waals surface area contributed by atoms with Gasteiger partial charge in [0.25, 0.3) is 5.91 Å². The molecule has 3 amide bonds. The summed E-state index contributed by atoms with van der Waals surface area (Å²) in [5.41, 5.74) is 0.322. The van der Waals surface area contributed by atoms with Crippen LogP contribution in [0.25, 0.3) is 0 Å². The molecule has 236 valence electrons. The number of aryl methyl sites for hydroxylation is 1. The van der Waals surface area contributed by atoms with Crippen LogP contribution in [-0.2, 0) is 30.3 Å². The number of ether oxygens (including phenoxy) is 1. The average molecular weight is 608 g/mol. The summed E-state index contributed by atoms with van der Waals surface area (Å²) in [5, 5.41) is 8.26. The van der Waals surface area contributed by atoms with Crippen molar-refractivity contribution < 1.29 is 28.7 Å². The highest BCUT2D eigenvalue weighted by Gasteiger charge is 2.34. The molecule has 1 aromatic heterocycles. The number of hydrogen-bond donors (Lipinski definition) is 2. The quantitative estimate of drug-likeness (QED) is 0.147. The lowest BCUT2D eigenvalue weighted by Crippen LogP contribution is -2.57. The van der Waals surface area contributed by atoms with E-state index in [1.165, 1.54) is 16.2 Å². The largest absolute Gasteiger partial charge is 0.444 e. The molecule has 3 unspecified atom stereocenters. The SMILES string of the molecule is CCCC(=O)OCN(CCCc1nc(C(=O)NCCC(C)C=O)cs1)C(=O)C(NC(=O)[C@H]1CCCCN1C)C(C)CC. The summed E-state index contributed by atoms with van der Waals surface area (Å²) in [5.74, 6) is -1.31. The number of aromatic nitrogens is 1. The van der Waals surface area contributed by atoms with E-state index in [0.29, 0.717) is 50.9 Å². The van der Waals surface area contributed by atoms with Crippen LogP contribution in [-0.4, -0.2) is 90.3 Å². The highest BCUT2D eigenvalue weighted by Crippen LogP contribution is 2.18. The Kier molecular flexibility index (Phi) is 15.7. The van der Waals surface area contributed by atoms with Crippen LogP contribution in [0.2, 0.25) is 0 Å². The number of carbonyl (C=O) groups excluding carboxylic acids is 5. The Morgan fingerprint density at radius 2 is 2.00 bits per heavy atom. The van der Waals surface area contributed by atoms with Crippen LogP contribution in [0.3, 0.4) is 0 Å². The van der Waals surface area contributed by atoms with Gasteiger partial charge in [-0.15, -0.1) is 11.3 Å². The maximum atomic E-state index is 13.8. The molecule has 1 fully saturated rings. The molecule has 1 saturated heterocycles. The van der Waals surface area contributed by atoms with Gasteiger partial charge in [0.1, 0.15) is 18.0 Å². The lowest BCUT2D eigenvalue weighted by atomic mass is 9.96. The molecule has 11 nitrogen and oxygen atoms in total. The number of nitrogens with one attached hydrogen (secondary N) is 2. The van der Waals surface area contributed by atoms with Crippen molar-refractivity contribution in [2.45, 2.75) is 97.6 Å². The monoisotopic (exact) mass is 607 g/mol. The number of nitrogens with zero attached hydrogens (tertiary/aromatic N) is 3. The Morgan fingerprint density at radius 1 is 1.24 bits per heavy atom. The van der Waals surface area contributed by atoms with E-state index in [9.17, 15) is 24.0 Å². The van der Waals surface area contributed by atoms with Crippen molar-refractivity contribution in [2.24, 2.45) is 11.8 Å². The van der Waals surface area contributed by atoms with E-state index in [1.807, 2.05) is 32.7 Å². The second-order valence-electron chi connectivity index (χ2n) is 11.2. The van der Waals surface area contributed by atoms with E-state index in [4.69, 9.17) is 4.74 Å². The highest BCUT2D eigenvalue weighted by atomic mass is 32.1. The summed E-state index contributed by atoms with van der Waals surface area (Å²) in [6.45, 7) is 8.96. The fraction of sp³-hybridized carbons (Fsp3) is 0.733. The number of aldehydes is 1. The highest BCUT2D eigenvalue weighted by molar-refractivity contribution is 7.09. The predicted octanol–water partition coefficient (Wildman–Crippen LogP) is 3.18. The van der Waals surface area contributed by atoms with Gasteiger partial charge in [-0.2, -0.15) is 0 Å². The van der Waals surface area contributed by atoms with Gasteiger partial charge in [0.05, 0.1) is 11.0 Å². The summed E-state index contributed by atoms with van der Waals surface area (Å²) >= 11 is 1.37. The molecular formula is C30H49N5O6S. The minimum Gasteiger partial charge on any atom is -0.444 e. The number of thiazole rings is 1. The molecule has 0 spiro atoms. The van der Waals surface area contributed by atoms with E-state index in [0.717, 1.165) is 37.1 Å². The molecule has 2 rings (SSSR count). The van der Waals surface area contributed by atoms with Crippen LogP contribution < -0.4 is 10.6 Å². The predicted molar refractivity (Wildman–Crippen MR) is 162 cm³/mol. The summed E-state index contributed by atoms with van der Waals surface area (Å²) in [6.07, 6.45) is 6.87. The lowest BCUT2D eigenvalue weighted by Gasteiger charge is -2.35. The van der Waals surface area contributed by atoms with Crippen LogP contribution >= 0.6 is 11.3 Å². The molecule has 4 atom stereocenters. The van der Waals surface area contributed by atoms with Crippen molar-refractivity contribution in [3.8, 4) is 0 Å². The van der Waals surface area contributed by atoms with Gasteiger partial charge < -0.3 is 25.1 Å². The smallest absolute Gasteiger partial charge is 0.307 e. The number of piperidine rings is 1. The lowest BCUT2D eigenvalue weighted by molar-refractivity contribution is -0.155. The molecule has 1 aliphatic heterocycles. The number of rotatable bonds is 18. The second kappa shape index (κ2) is 18.6. The maximum Gasteiger partial charge on any atom is 0.307 e. The van der Waals surface area contributed by atoms with Gasteiger partial charge in [-0.05, 0) is 51.6 Å². The van der Waals surface area contributed by atoms with Crippen molar-refractivity contribution in [3.63, 3.8) is 0 Å². The number of likely N-dealkylation sites (tertiary alicyclic amines) is 1. The van der Waals surface area contributed by atoms with Gasteiger partial charge in [-0.1, -0.05) is 40.5 Å². The first kappa shape index (κ1) is 35.3. The molecule has 1 aromatic rings. The maximum absolute atomic E-state index is 13.8. The zero-order valence-electron chi connectivity index (χ0n) is 25.9. The first-order chi connectivity index (χ1) is 20.1. The van der Waals surface area contributed by atoms with Crippen molar-refractivity contribution in [3.05, 3.63) is 16.1 Å². The van der Waals surface area contributed by atoms with Crippen molar-refractivity contribution in [1.29, 1.82) is 0 Å². The van der Waals surface area contributed by atoms with Crippen molar-refractivity contribution in [1.82, 2.24) is 25.4 Å². The number of esters is 1. The van der Waals surface area contributed by atoms with Crippen LogP contribution in [0.15, 0.2) is 5.38 Å². The van der Waals surface area contributed by atoms with Crippen LogP contribution in [0.4, 0.5) is 0 Å². The average Bonchev–Trinajstić information content (AvgIpc) is 3.46. The molecule has 2 heterocycles. The van der Waals surface area contributed by atoms with E-state index in [-0.39, 0.29) is 54.7 Å². The number of likely N-dealkylation sites (N-methyl/N-ethyl adjacent to an activating group) is 1. The van der Waals surface area contributed by atoms with Crippen molar-refractivity contribution in [2.75, 3.05) is 33.4 Å². The third-order valence-corrected chi connectivity index (χ3v) is 8.63. The standard InChI is InChI=1S/C30H49N5O6S/c1-6-11-26(37)41-20-35(17-10-13-25-32-23(19-42-25)28(38)31-15-14-21(3)18-36)30(40)27(22(4)7-2)33-29(39)24-12-8-9-16-34(24)5/h18-19,21-22,24,27H,6-17,20H2,1-5H3,(H,31,38)(H,33,39)/t21?,22?,24-,27?/m1/s1. The Balaban J connectivity index is 2.06. The molecule has 0 aromatic carbocycles.